The molecule has 0 saturated heterocycles. The zero-order valence-corrected chi connectivity index (χ0v) is 29.7. The molecule has 4 rings (SSSR count). The van der Waals surface area contributed by atoms with Crippen LogP contribution >= 0.6 is 23.2 Å². The first-order valence-electron chi connectivity index (χ1n) is 15.9. The first kappa shape index (κ1) is 37.0. The van der Waals surface area contributed by atoms with E-state index in [2.05, 4.69) is 9.62 Å². The van der Waals surface area contributed by atoms with Crippen LogP contribution in [0.25, 0.3) is 0 Å². The highest BCUT2D eigenvalue weighted by Gasteiger charge is 2.30. The van der Waals surface area contributed by atoms with E-state index in [1.807, 2.05) is 33.0 Å². The monoisotopic (exact) mass is 705 g/mol. The van der Waals surface area contributed by atoms with Gasteiger partial charge in [-0.15, -0.1) is 0 Å². The van der Waals surface area contributed by atoms with Gasteiger partial charge in [-0.25, -0.2) is 8.42 Å². The summed E-state index contributed by atoms with van der Waals surface area (Å²) >= 11 is 12.4. The minimum atomic E-state index is -3.90. The molecule has 256 valence electrons. The molecule has 1 heterocycles. The summed E-state index contributed by atoms with van der Waals surface area (Å²) in [5.74, 6) is -0.129. The Morgan fingerprint density at radius 2 is 1.79 bits per heavy atom. The lowest BCUT2D eigenvalue weighted by atomic mass is 10.0. The number of fused-ring (bicyclic) bond motifs is 1. The number of nitrogens with one attached hydrogen (secondary N) is 1. The van der Waals surface area contributed by atoms with E-state index < -0.39 is 16.1 Å². The topological polar surface area (TPSA) is 108 Å². The van der Waals surface area contributed by atoms with Crippen LogP contribution in [0.3, 0.4) is 0 Å². The average Bonchev–Trinajstić information content (AvgIpc) is 3.04. The molecule has 1 amide bonds. The molecule has 1 aliphatic heterocycles. The largest absolute Gasteiger partial charge is 0.490 e. The number of carbonyl (C=O) groups excluding carboxylic acids is 1. The highest BCUT2D eigenvalue weighted by molar-refractivity contribution is 7.92. The number of anilines is 1. The van der Waals surface area contributed by atoms with Crippen molar-refractivity contribution in [3.8, 4) is 5.75 Å². The number of rotatable bonds is 9. The molecule has 0 fully saturated rings. The number of halogens is 2. The molecule has 0 unspecified atom stereocenters. The summed E-state index contributed by atoms with van der Waals surface area (Å²) in [7, 11) is -1.89. The molecule has 0 aromatic heterocycles. The van der Waals surface area contributed by atoms with Crippen molar-refractivity contribution >= 4 is 44.8 Å². The Kier molecular flexibility index (Phi) is 13.4. The Bertz CT molecular complexity index is 1590. The third kappa shape index (κ3) is 10.3. The summed E-state index contributed by atoms with van der Waals surface area (Å²) in [6.45, 7) is 7.59. The number of likely N-dealkylation sites (N-methyl/N-ethyl adjacent to an activating group) is 1. The lowest BCUT2D eigenvalue weighted by Gasteiger charge is -2.36. The van der Waals surface area contributed by atoms with Gasteiger partial charge in [0.25, 0.3) is 15.9 Å². The maximum absolute atomic E-state index is 14.4. The normalized spacial score (nSPS) is 20.6. The standard InChI is InChI=1S/C35H45Cl2N3O6S/c1-24-20-40(25(2)23-41)35(42)30-19-28(38-47(43,44)29-11-6-5-7-12-29)14-16-33(30)46-26(3)10-8-9-17-45-34(24)22-39(4)21-27-13-15-31(36)32(37)18-27/h5-7,11-16,18-19,24-26,34,38,41H,8-10,17,20-23H2,1-4H3/t24-,25-,26+,34-/m1/s1. The quantitative estimate of drug-likeness (QED) is 0.254. The first-order chi connectivity index (χ1) is 22.4. The average molecular weight is 707 g/mol. The number of benzene rings is 3. The molecular formula is C35H45Cl2N3O6S. The molecule has 1 aliphatic rings. The fraction of sp³-hybridized carbons (Fsp3) is 0.457. The van der Waals surface area contributed by atoms with Gasteiger partial charge in [0.15, 0.2) is 0 Å². The summed E-state index contributed by atoms with van der Waals surface area (Å²) in [6, 6.07) is 17.8. The van der Waals surface area contributed by atoms with Gasteiger partial charge in [0.05, 0.1) is 45.4 Å². The van der Waals surface area contributed by atoms with Crippen molar-refractivity contribution in [3.63, 3.8) is 0 Å². The highest BCUT2D eigenvalue weighted by atomic mass is 35.5. The predicted octanol–water partition coefficient (Wildman–Crippen LogP) is 6.72. The molecule has 0 saturated carbocycles. The van der Waals surface area contributed by atoms with Gasteiger partial charge in [-0.2, -0.15) is 0 Å². The van der Waals surface area contributed by atoms with E-state index in [9.17, 15) is 18.3 Å². The van der Waals surface area contributed by atoms with Crippen molar-refractivity contribution in [1.29, 1.82) is 0 Å². The second-order valence-electron chi connectivity index (χ2n) is 12.4. The van der Waals surface area contributed by atoms with Crippen LogP contribution in [0.5, 0.6) is 5.75 Å². The van der Waals surface area contributed by atoms with Crippen LogP contribution in [0.4, 0.5) is 5.69 Å². The Hall–Kier alpha value is -2.86. The van der Waals surface area contributed by atoms with E-state index in [-0.39, 0.29) is 46.8 Å². The van der Waals surface area contributed by atoms with Crippen molar-refractivity contribution in [2.75, 3.05) is 38.1 Å². The number of carbonyl (C=O) groups is 1. The Morgan fingerprint density at radius 1 is 1.04 bits per heavy atom. The van der Waals surface area contributed by atoms with Gasteiger partial charge in [0.2, 0.25) is 0 Å². The third-order valence-electron chi connectivity index (χ3n) is 8.29. The van der Waals surface area contributed by atoms with E-state index >= 15 is 0 Å². The number of hydrogen-bond donors (Lipinski definition) is 2. The number of ether oxygens (including phenoxy) is 2. The van der Waals surface area contributed by atoms with Gasteiger partial charge in [-0.05, 0) is 88.2 Å². The van der Waals surface area contributed by atoms with E-state index in [0.717, 1.165) is 24.8 Å². The SMILES string of the molecule is C[C@@H]1CN([C@H](C)CO)C(=O)c2cc(NS(=O)(=O)c3ccccc3)ccc2O[C@@H](C)CCCCO[C@@H]1CN(C)Cc1ccc(Cl)c(Cl)c1. The molecule has 3 aromatic rings. The number of hydrogen-bond acceptors (Lipinski definition) is 7. The summed E-state index contributed by atoms with van der Waals surface area (Å²) in [6.07, 6.45) is 2.04. The minimum absolute atomic E-state index is 0.107. The molecule has 0 aliphatic carbocycles. The first-order valence-corrected chi connectivity index (χ1v) is 18.2. The molecule has 3 aromatic carbocycles. The Labute approximate surface area is 288 Å². The highest BCUT2D eigenvalue weighted by Crippen LogP contribution is 2.30. The summed E-state index contributed by atoms with van der Waals surface area (Å²) in [5.41, 5.74) is 1.46. The van der Waals surface area contributed by atoms with Crippen molar-refractivity contribution in [2.24, 2.45) is 5.92 Å². The molecule has 12 heteroatoms. The molecular weight excluding hydrogens is 661 g/mol. The second kappa shape index (κ2) is 17.0. The molecule has 0 radical (unpaired) electrons. The minimum Gasteiger partial charge on any atom is -0.490 e. The number of aliphatic hydroxyl groups excluding tert-OH is 1. The van der Waals surface area contributed by atoms with Gasteiger partial charge < -0.3 is 19.5 Å². The van der Waals surface area contributed by atoms with E-state index in [1.165, 1.54) is 18.2 Å². The van der Waals surface area contributed by atoms with E-state index in [0.29, 0.717) is 42.0 Å². The Balaban J connectivity index is 1.63. The van der Waals surface area contributed by atoms with Gasteiger partial charge in [0.1, 0.15) is 5.75 Å². The number of nitrogens with zero attached hydrogens (tertiary/aromatic N) is 2. The third-order valence-corrected chi connectivity index (χ3v) is 10.4. The summed E-state index contributed by atoms with van der Waals surface area (Å²) < 4.78 is 41.5. The predicted molar refractivity (Wildman–Crippen MR) is 187 cm³/mol. The summed E-state index contributed by atoms with van der Waals surface area (Å²) in [5, 5.41) is 11.2. The zero-order chi connectivity index (χ0) is 34.1. The van der Waals surface area contributed by atoms with E-state index in [1.54, 1.807) is 48.2 Å². The molecule has 0 spiro atoms. The molecule has 47 heavy (non-hydrogen) atoms. The van der Waals surface area contributed by atoms with Crippen LogP contribution < -0.4 is 9.46 Å². The number of amides is 1. The zero-order valence-electron chi connectivity index (χ0n) is 27.4. The number of aliphatic hydroxyl groups is 1. The van der Waals surface area contributed by atoms with Crippen LogP contribution in [0.1, 0.15) is 56.0 Å². The fourth-order valence-electron chi connectivity index (χ4n) is 5.58. The lowest BCUT2D eigenvalue weighted by Crippen LogP contribution is -2.47. The van der Waals surface area contributed by atoms with E-state index in [4.69, 9.17) is 32.7 Å². The van der Waals surface area contributed by atoms with Crippen LogP contribution in [0.15, 0.2) is 71.6 Å². The molecule has 2 N–H and O–H groups in total. The summed E-state index contributed by atoms with van der Waals surface area (Å²) in [4.78, 5) is 18.2. The van der Waals surface area contributed by atoms with Crippen LogP contribution in [-0.2, 0) is 21.3 Å². The van der Waals surface area contributed by atoms with Crippen molar-refractivity contribution in [2.45, 2.75) is 69.7 Å². The van der Waals surface area contributed by atoms with Crippen molar-refractivity contribution in [3.05, 3.63) is 87.9 Å². The Morgan fingerprint density at radius 3 is 2.49 bits per heavy atom. The molecule has 9 nitrogen and oxygen atoms in total. The maximum Gasteiger partial charge on any atom is 0.261 e. The van der Waals surface area contributed by atoms with Gasteiger partial charge >= 0.3 is 0 Å². The molecule has 4 atom stereocenters. The number of sulfonamides is 1. The van der Waals surface area contributed by atoms with Crippen molar-refractivity contribution < 1.29 is 27.8 Å². The maximum atomic E-state index is 14.4. The lowest BCUT2D eigenvalue weighted by molar-refractivity contribution is -0.0177. The van der Waals surface area contributed by atoms with Gasteiger partial charge in [0, 0.05) is 37.8 Å². The van der Waals surface area contributed by atoms with Crippen molar-refractivity contribution in [1.82, 2.24) is 9.80 Å². The fourth-order valence-corrected chi connectivity index (χ4v) is 6.98. The van der Waals surface area contributed by atoms with Gasteiger partial charge in [-0.3, -0.25) is 14.4 Å². The van der Waals surface area contributed by atoms with Gasteiger partial charge in [-0.1, -0.05) is 54.4 Å². The second-order valence-corrected chi connectivity index (χ2v) is 14.9. The van der Waals surface area contributed by atoms with Crippen LogP contribution in [-0.4, -0.2) is 80.8 Å². The van der Waals surface area contributed by atoms with Crippen LogP contribution in [0, 0.1) is 5.92 Å². The van der Waals surface area contributed by atoms with Crippen LogP contribution in [0.2, 0.25) is 10.0 Å². The smallest absolute Gasteiger partial charge is 0.261 e. The molecule has 0 bridgehead atoms.